The summed E-state index contributed by atoms with van der Waals surface area (Å²) in [5.41, 5.74) is 2.91. The molecule has 1 saturated carbocycles. The van der Waals surface area contributed by atoms with Crippen molar-refractivity contribution in [2.45, 2.75) is 12.8 Å². The molecule has 3 heterocycles. The number of aromatic nitrogens is 5. The van der Waals surface area contributed by atoms with Crippen molar-refractivity contribution in [1.29, 1.82) is 0 Å². The van der Waals surface area contributed by atoms with Gasteiger partial charge in [0.1, 0.15) is 5.52 Å². The highest BCUT2D eigenvalue weighted by Gasteiger charge is 2.43. The van der Waals surface area contributed by atoms with E-state index in [1.807, 2.05) is 37.1 Å². The van der Waals surface area contributed by atoms with Crippen LogP contribution in [0.25, 0.3) is 16.8 Å². The zero-order valence-corrected chi connectivity index (χ0v) is 13.4. The van der Waals surface area contributed by atoms with E-state index in [1.165, 1.54) is 12.8 Å². The zero-order valence-electron chi connectivity index (χ0n) is 13.4. The molecular weight excluding hydrogens is 292 g/mol. The van der Waals surface area contributed by atoms with Gasteiger partial charge in [0.2, 0.25) is 5.88 Å². The van der Waals surface area contributed by atoms with E-state index >= 15 is 0 Å². The van der Waals surface area contributed by atoms with Crippen molar-refractivity contribution >= 4 is 5.52 Å². The number of aryl methyl sites for hydroxylation is 1. The fourth-order valence-electron chi connectivity index (χ4n) is 2.84. The third-order valence-corrected chi connectivity index (χ3v) is 4.38. The Kier molecular flexibility index (Phi) is 3.30. The van der Waals surface area contributed by atoms with E-state index in [9.17, 15) is 0 Å². The van der Waals surface area contributed by atoms with Crippen LogP contribution in [0, 0.1) is 5.41 Å². The van der Waals surface area contributed by atoms with Crippen molar-refractivity contribution in [2.75, 3.05) is 20.2 Å². The molecule has 1 aliphatic rings. The van der Waals surface area contributed by atoms with E-state index in [-0.39, 0.29) is 5.41 Å². The van der Waals surface area contributed by atoms with E-state index in [1.54, 1.807) is 17.1 Å². The van der Waals surface area contributed by atoms with E-state index < -0.39 is 0 Å². The first-order chi connectivity index (χ1) is 11.2. The number of hydrogen-bond acceptors (Lipinski definition) is 5. The molecule has 1 N–H and O–H groups in total. The Bertz CT molecular complexity index is 832. The van der Waals surface area contributed by atoms with Crippen molar-refractivity contribution in [3.63, 3.8) is 0 Å². The van der Waals surface area contributed by atoms with Crippen LogP contribution in [-0.2, 0) is 7.05 Å². The monoisotopic (exact) mass is 312 g/mol. The number of nitrogens with one attached hydrogen (secondary N) is 1. The first-order valence-corrected chi connectivity index (χ1v) is 7.80. The van der Waals surface area contributed by atoms with Gasteiger partial charge in [0, 0.05) is 30.8 Å². The smallest absolute Gasteiger partial charge is 0.240 e. The molecule has 0 aliphatic heterocycles. The summed E-state index contributed by atoms with van der Waals surface area (Å²) < 4.78 is 9.66. The lowest BCUT2D eigenvalue weighted by Crippen LogP contribution is -2.26. The van der Waals surface area contributed by atoms with Crippen molar-refractivity contribution in [2.24, 2.45) is 12.5 Å². The van der Waals surface area contributed by atoms with Crippen LogP contribution in [0.15, 0.2) is 30.9 Å². The van der Waals surface area contributed by atoms with E-state index in [0.717, 1.165) is 23.3 Å². The minimum atomic E-state index is 0.262. The molecule has 7 nitrogen and oxygen atoms in total. The second-order valence-electron chi connectivity index (χ2n) is 6.31. The van der Waals surface area contributed by atoms with Crippen LogP contribution in [0.1, 0.15) is 12.8 Å². The number of ether oxygens (including phenoxy) is 1. The second-order valence-corrected chi connectivity index (χ2v) is 6.31. The minimum Gasteiger partial charge on any atom is -0.475 e. The van der Waals surface area contributed by atoms with Gasteiger partial charge in [-0.15, -0.1) is 0 Å². The molecule has 0 amide bonds. The summed E-state index contributed by atoms with van der Waals surface area (Å²) in [6.07, 6.45) is 9.80. The normalized spacial score (nSPS) is 15.9. The molecule has 0 saturated heterocycles. The van der Waals surface area contributed by atoms with Gasteiger partial charge in [-0.3, -0.25) is 4.68 Å². The highest BCUT2D eigenvalue weighted by molar-refractivity contribution is 5.63. The van der Waals surface area contributed by atoms with Crippen LogP contribution in [0.4, 0.5) is 0 Å². The molecule has 1 aliphatic carbocycles. The summed E-state index contributed by atoms with van der Waals surface area (Å²) >= 11 is 0. The van der Waals surface area contributed by atoms with Crippen molar-refractivity contribution in [3.8, 4) is 17.1 Å². The lowest BCUT2D eigenvalue weighted by Gasteiger charge is -2.16. The maximum absolute atomic E-state index is 6.09. The largest absolute Gasteiger partial charge is 0.475 e. The molecule has 0 spiro atoms. The molecule has 0 aromatic carbocycles. The highest BCUT2D eigenvalue weighted by atomic mass is 16.5. The number of fused-ring (bicyclic) bond motifs is 1. The molecule has 0 unspecified atom stereocenters. The molecule has 0 radical (unpaired) electrons. The van der Waals surface area contributed by atoms with E-state index in [4.69, 9.17) is 9.72 Å². The van der Waals surface area contributed by atoms with Gasteiger partial charge in [-0.05, 0) is 26.0 Å². The molecule has 3 aromatic heterocycles. The van der Waals surface area contributed by atoms with Crippen LogP contribution in [0.3, 0.4) is 0 Å². The molecule has 0 atom stereocenters. The fraction of sp³-hybridized carbons (Fsp3) is 0.438. The molecule has 3 aromatic rings. The van der Waals surface area contributed by atoms with Gasteiger partial charge in [0.25, 0.3) is 0 Å². The second kappa shape index (κ2) is 5.34. The zero-order chi connectivity index (χ0) is 15.9. The van der Waals surface area contributed by atoms with Crippen molar-refractivity contribution in [1.82, 2.24) is 29.7 Å². The maximum atomic E-state index is 6.09. The number of hydrogen-bond donors (Lipinski definition) is 1. The topological polar surface area (TPSA) is 69.3 Å². The molecule has 0 bridgehead atoms. The Morgan fingerprint density at radius 3 is 2.87 bits per heavy atom. The summed E-state index contributed by atoms with van der Waals surface area (Å²) in [7, 11) is 3.87. The summed E-state index contributed by atoms with van der Waals surface area (Å²) in [6, 6.07) is 1.92. The van der Waals surface area contributed by atoms with Gasteiger partial charge in [0.05, 0.1) is 30.9 Å². The lowest BCUT2D eigenvalue weighted by atomic mass is 10.1. The standard InChI is InChI=1S/C16H20N6O/c1-17-10-16(4-5-16)11-23-15-14-3-6-18-22(14)9-13(20-15)12-7-19-21(2)8-12/h3,6-9,17H,4-5,10-11H2,1-2H3. The van der Waals surface area contributed by atoms with Crippen molar-refractivity contribution in [3.05, 3.63) is 30.9 Å². The Balaban J connectivity index is 1.66. The molecule has 120 valence electrons. The Morgan fingerprint density at radius 2 is 2.17 bits per heavy atom. The first-order valence-electron chi connectivity index (χ1n) is 7.80. The Morgan fingerprint density at radius 1 is 1.30 bits per heavy atom. The predicted molar refractivity (Wildman–Crippen MR) is 86.3 cm³/mol. The van der Waals surface area contributed by atoms with Gasteiger partial charge >= 0.3 is 0 Å². The predicted octanol–water partition coefficient (Wildman–Crippen LogP) is 1.51. The van der Waals surface area contributed by atoms with Crippen LogP contribution < -0.4 is 10.1 Å². The average Bonchev–Trinajstić information content (AvgIpc) is 2.96. The number of rotatable bonds is 6. The van der Waals surface area contributed by atoms with Crippen LogP contribution in [0.2, 0.25) is 0 Å². The first kappa shape index (κ1) is 14.2. The Hall–Kier alpha value is -2.41. The quantitative estimate of drug-likeness (QED) is 0.747. The van der Waals surface area contributed by atoms with Crippen molar-refractivity contribution < 1.29 is 4.74 Å². The fourth-order valence-corrected chi connectivity index (χ4v) is 2.84. The minimum absolute atomic E-state index is 0.262. The Labute approximate surface area is 134 Å². The van der Waals surface area contributed by atoms with E-state index in [2.05, 4.69) is 15.5 Å². The van der Waals surface area contributed by atoms with Crippen LogP contribution >= 0.6 is 0 Å². The summed E-state index contributed by atoms with van der Waals surface area (Å²) in [6.45, 7) is 1.66. The van der Waals surface area contributed by atoms with Gasteiger partial charge in [-0.2, -0.15) is 10.2 Å². The maximum Gasteiger partial charge on any atom is 0.240 e. The molecule has 1 fully saturated rings. The molecule has 7 heteroatoms. The highest BCUT2D eigenvalue weighted by Crippen LogP contribution is 2.45. The van der Waals surface area contributed by atoms with Gasteiger partial charge in [-0.25, -0.2) is 9.50 Å². The third kappa shape index (κ3) is 2.68. The molecular formula is C16H20N6O. The average molecular weight is 312 g/mol. The number of nitrogens with zero attached hydrogens (tertiary/aromatic N) is 5. The summed E-state index contributed by atoms with van der Waals surface area (Å²) in [4.78, 5) is 4.69. The van der Waals surface area contributed by atoms with E-state index in [0.29, 0.717) is 12.5 Å². The van der Waals surface area contributed by atoms with Gasteiger partial charge in [-0.1, -0.05) is 0 Å². The van der Waals surface area contributed by atoms with Gasteiger partial charge < -0.3 is 10.1 Å². The molecule has 4 rings (SSSR count). The van der Waals surface area contributed by atoms with Crippen LogP contribution in [-0.4, -0.2) is 44.6 Å². The van der Waals surface area contributed by atoms with Crippen LogP contribution in [0.5, 0.6) is 5.88 Å². The third-order valence-electron chi connectivity index (χ3n) is 4.38. The van der Waals surface area contributed by atoms with Gasteiger partial charge in [0.15, 0.2) is 0 Å². The lowest BCUT2D eigenvalue weighted by molar-refractivity contribution is 0.226. The summed E-state index contributed by atoms with van der Waals surface area (Å²) in [5, 5.41) is 11.8. The SMILES string of the molecule is CNCC1(COc2nc(-c3cnn(C)c3)cn3nccc23)CC1. The summed E-state index contributed by atoms with van der Waals surface area (Å²) in [5.74, 6) is 0.631. The molecule has 23 heavy (non-hydrogen) atoms.